The van der Waals surface area contributed by atoms with Gasteiger partial charge in [-0.05, 0) is 0 Å². The van der Waals surface area contributed by atoms with Crippen LogP contribution in [0.1, 0.15) is 0 Å². The van der Waals surface area contributed by atoms with Crippen LogP contribution in [0.2, 0.25) is 0 Å². The molecule has 0 heterocycles. The molecule has 0 atom stereocenters. The van der Waals surface area contributed by atoms with Crippen molar-refractivity contribution >= 4 is 14.0 Å². The first-order valence-corrected chi connectivity index (χ1v) is 1.34. The van der Waals surface area contributed by atoms with Crippen molar-refractivity contribution in [1.29, 1.82) is 0 Å². The molecule has 2 radical (unpaired) electrons. The third-order valence-electron chi connectivity index (χ3n) is 0.283. The molecule has 0 aliphatic carbocycles. The van der Waals surface area contributed by atoms with Gasteiger partial charge in [0.25, 0.3) is 0 Å². The molecule has 0 rings (SSSR count). The minimum atomic E-state index is -0.616. The lowest BCUT2D eigenvalue weighted by molar-refractivity contribution is -0.128. The fourth-order valence-electron chi connectivity index (χ4n) is 0.0481. The van der Waals surface area contributed by atoms with Gasteiger partial charge in [-0.3, -0.25) is 0 Å². The fourth-order valence-corrected chi connectivity index (χ4v) is 0.0481. The van der Waals surface area contributed by atoms with Gasteiger partial charge in [-0.25, -0.2) is 4.79 Å². The van der Waals surface area contributed by atoms with Gasteiger partial charge in [0.15, 0.2) is 0 Å². The van der Waals surface area contributed by atoms with Crippen molar-refractivity contribution in [3.63, 3.8) is 0 Å². The Bertz CT molecular complexity index is 69.2. The second-order valence-corrected chi connectivity index (χ2v) is 0.641. The van der Waals surface area contributed by atoms with Crippen molar-refractivity contribution in [3.8, 4) is 0 Å². The highest BCUT2D eigenvalue weighted by molar-refractivity contribution is 6.07. The van der Waals surface area contributed by atoms with Crippen LogP contribution >= 0.6 is 0 Å². The second-order valence-electron chi connectivity index (χ2n) is 0.641. The second kappa shape index (κ2) is 2.51. The molecule has 6 heavy (non-hydrogen) atoms. The first-order valence-electron chi connectivity index (χ1n) is 1.34. The smallest absolute Gasteiger partial charge is 0.378 e. The lowest BCUT2D eigenvalue weighted by Crippen LogP contribution is -1.93. The van der Waals surface area contributed by atoms with Crippen molar-refractivity contribution in [2.45, 2.75) is 0 Å². The first kappa shape index (κ1) is 5.27. The third kappa shape index (κ3) is 1.58. The van der Waals surface area contributed by atoms with Gasteiger partial charge in [-0.2, -0.15) is 0 Å². The van der Waals surface area contributed by atoms with Crippen LogP contribution in [0.5, 0.6) is 0 Å². The number of rotatable bonds is 1. The van der Waals surface area contributed by atoms with E-state index in [1.165, 1.54) is 0 Å². The van der Waals surface area contributed by atoms with Crippen LogP contribution < -0.4 is 0 Å². The Morgan fingerprint density at radius 3 is 2.50 bits per heavy atom. The van der Waals surface area contributed by atoms with Gasteiger partial charge in [-0.15, -0.1) is 0 Å². The van der Waals surface area contributed by atoms with E-state index in [1.807, 2.05) is 0 Å². The summed E-state index contributed by atoms with van der Waals surface area (Å²) in [6, 6.07) is 0. The molecule has 0 amide bonds. The number of hydrogen-bond donors (Lipinski definition) is 0. The lowest BCUT2D eigenvalue weighted by Gasteiger charge is -1.83. The van der Waals surface area contributed by atoms with Crippen LogP contribution in [0.15, 0.2) is 12.7 Å². The SMILES string of the molecule is [B]OC(=O)C=C. The summed E-state index contributed by atoms with van der Waals surface area (Å²) >= 11 is 0. The maximum Gasteiger partial charge on any atom is 0.378 e. The molecule has 0 saturated carbocycles. The Balaban J connectivity index is 3.23. The van der Waals surface area contributed by atoms with Crippen molar-refractivity contribution in [1.82, 2.24) is 0 Å². The zero-order valence-electron chi connectivity index (χ0n) is 3.18. The van der Waals surface area contributed by atoms with Crippen LogP contribution in [0, 0.1) is 0 Å². The van der Waals surface area contributed by atoms with E-state index in [-0.39, 0.29) is 0 Å². The molecule has 0 N–H and O–H groups in total. The van der Waals surface area contributed by atoms with Gasteiger partial charge in [-0.1, -0.05) is 6.58 Å². The predicted octanol–water partition coefficient (Wildman–Crippen LogP) is -0.201. The van der Waals surface area contributed by atoms with Gasteiger partial charge in [0, 0.05) is 6.08 Å². The van der Waals surface area contributed by atoms with E-state index >= 15 is 0 Å². The molecule has 0 saturated heterocycles. The standard InChI is InChI=1S/C3H3BO2/c1-2-3(5)6-4/h2H,1H2. The maximum atomic E-state index is 9.72. The van der Waals surface area contributed by atoms with Gasteiger partial charge in [0.05, 0.1) is 0 Å². The summed E-state index contributed by atoms with van der Waals surface area (Å²) in [6.07, 6.45) is 0.986. The molecule has 0 spiro atoms. The van der Waals surface area contributed by atoms with Crippen LogP contribution in [-0.4, -0.2) is 14.0 Å². The molecule has 3 heteroatoms. The minimum absolute atomic E-state index is 0.616. The van der Waals surface area contributed by atoms with Crippen molar-refractivity contribution in [2.24, 2.45) is 0 Å². The van der Waals surface area contributed by atoms with E-state index in [0.717, 1.165) is 6.08 Å². The molecule has 2 nitrogen and oxygen atoms in total. The Hall–Kier alpha value is -0.725. The molecular weight excluding hydrogens is 78.8 g/mol. The van der Waals surface area contributed by atoms with Crippen molar-refractivity contribution in [3.05, 3.63) is 12.7 Å². The molecule has 0 aromatic heterocycles. The molecule has 0 aromatic carbocycles. The fraction of sp³-hybridized carbons (Fsp3) is 0. The summed E-state index contributed by atoms with van der Waals surface area (Å²) in [5, 5.41) is 0. The Morgan fingerprint density at radius 2 is 2.50 bits per heavy atom. The molecule has 0 unspecified atom stereocenters. The first-order chi connectivity index (χ1) is 2.81. The van der Waals surface area contributed by atoms with Gasteiger partial charge >= 0.3 is 14.0 Å². The lowest BCUT2D eigenvalue weighted by atomic mass is 10.5. The third-order valence-corrected chi connectivity index (χ3v) is 0.283. The molecule has 0 bridgehead atoms. The largest absolute Gasteiger partial charge is 0.540 e. The Labute approximate surface area is 37.2 Å². The van der Waals surface area contributed by atoms with Crippen LogP contribution in [0.3, 0.4) is 0 Å². The zero-order valence-corrected chi connectivity index (χ0v) is 3.18. The molecule has 0 aliphatic heterocycles. The number of hydrogen-bond acceptors (Lipinski definition) is 2. The summed E-state index contributed by atoms with van der Waals surface area (Å²) < 4.78 is 3.64. The maximum absolute atomic E-state index is 9.72. The van der Waals surface area contributed by atoms with E-state index in [4.69, 9.17) is 0 Å². The van der Waals surface area contributed by atoms with Crippen LogP contribution in [-0.2, 0) is 9.45 Å². The monoisotopic (exact) mass is 82.0 g/mol. The van der Waals surface area contributed by atoms with E-state index in [1.54, 1.807) is 0 Å². The highest BCUT2D eigenvalue weighted by Gasteiger charge is 1.81. The summed E-state index contributed by atoms with van der Waals surface area (Å²) in [5.41, 5.74) is 0. The summed E-state index contributed by atoms with van der Waals surface area (Å²) in [7, 11) is 4.36. The van der Waals surface area contributed by atoms with Crippen LogP contribution in [0.25, 0.3) is 0 Å². The Morgan fingerprint density at radius 1 is 2.00 bits per heavy atom. The highest BCUT2D eigenvalue weighted by atomic mass is 16.5. The number of carbonyl (C=O) groups excluding carboxylic acids is 1. The molecule has 0 aliphatic rings. The highest BCUT2D eigenvalue weighted by Crippen LogP contribution is 1.66. The number of carbonyl (C=O) groups is 1. The van der Waals surface area contributed by atoms with Gasteiger partial charge < -0.3 is 4.65 Å². The summed E-state index contributed by atoms with van der Waals surface area (Å²) in [6.45, 7) is 3.08. The summed E-state index contributed by atoms with van der Waals surface area (Å²) in [4.78, 5) is 9.72. The van der Waals surface area contributed by atoms with Crippen LogP contribution in [0.4, 0.5) is 0 Å². The topological polar surface area (TPSA) is 26.3 Å². The van der Waals surface area contributed by atoms with E-state index in [2.05, 4.69) is 19.3 Å². The molecule has 30 valence electrons. The van der Waals surface area contributed by atoms with Gasteiger partial charge in [0.2, 0.25) is 0 Å². The molecular formula is C3H3BO2. The Kier molecular flexibility index (Phi) is 2.21. The average molecular weight is 81.9 g/mol. The van der Waals surface area contributed by atoms with Crippen molar-refractivity contribution < 1.29 is 9.45 Å². The predicted molar refractivity (Wildman–Crippen MR) is 22.0 cm³/mol. The minimum Gasteiger partial charge on any atom is -0.540 e. The quantitative estimate of drug-likeness (QED) is 0.323. The molecule has 0 fully saturated rings. The molecule has 0 aromatic rings. The normalized spacial score (nSPS) is 6.67. The van der Waals surface area contributed by atoms with E-state index < -0.39 is 5.97 Å². The average Bonchev–Trinajstić information content (AvgIpc) is 1.65. The zero-order chi connectivity index (χ0) is 4.99. The summed E-state index contributed by atoms with van der Waals surface area (Å²) in [5.74, 6) is -0.616. The van der Waals surface area contributed by atoms with E-state index in [9.17, 15) is 4.79 Å². The van der Waals surface area contributed by atoms with Gasteiger partial charge in [0.1, 0.15) is 0 Å². The van der Waals surface area contributed by atoms with Crippen molar-refractivity contribution in [2.75, 3.05) is 0 Å². The van der Waals surface area contributed by atoms with E-state index in [0.29, 0.717) is 0 Å².